The molecule has 2 atom stereocenters. The molecule has 5 nitrogen and oxygen atoms in total. The summed E-state index contributed by atoms with van der Waals surface area (Å²) >= 11 is 0. The van der Waals surface area contributed by atoms with Gasteiger partial charge in [0.05, 0.1) is 19.6 Å². The van der Waals surface area contributed by atoms with Crippen LogP contribution in [0.1, 0.15) is 66.2 Å². The molecule has 5 heteroatoms. The summed E-state index contributed by atoms with van der Waals surface area (Å²) in [5.74, 6) is -0.153. The van der Waals surface area contributed by atoms with Crippen molar-refractivity contribution in [1.82, 2.24) is 4.90 Å². The molecule has 0 saturated heterocycles. The highest BCUT2D eigenvalue weighted by Crippen LogP contribution is 2.28. The molecule has 1 aliphatic rings. The first-order valence-corrected chi connectivity index (χ1v) is 8.61. The molecule has 1 rings (SSSR count). The predicted octanol–water partition coefficient (Wildman–Crippen LogP) is 3.76. The number of rotatable bonds is 7. The maximum Gasteiger partial charge on any atom is 0.410 e. The summed E-state index contributed by atoms with van der Waals surface area (Å²) < 4.78 is 10.3. The third-order valence-electron chi connectivity index (χ3n) is 4.50. The molecule has 0 spiro atoms. The van der Waals surface area contributed by atoms with Crippen LogP contribution in [0, 0.1) is 5.92 Å². The Hall–Kier alpha value is -1.26. The minimum absolute atomic E-state index is 0.0356. The number of hydrogen-bond acceptors (Lipinski definition) is 4. The molecule has 1 aliphatic carbocycles. The van der Waals surface area contributed by atoms with Crippen LogP contribution in [0.4, 0.5) is 4.79 Å². The molecular weight excluding hydrogens is 282 g/mol. The SMILES string of the molecule is CCOC(=O)CC(C)C(C)N(C(=O)OCC)C1CCCCC1. The lowest BCUT2D eigenvalue weighted by molar-refractivity contribution is -0.144. The predicted molar refractivity (Wildman–Crippen MR) is 85.6 cm³/mol. The van der Waals surface area contributed by atoms with Crippen LogP contribution >= 0.6 is 0 Å². The van der Waals surface area contributed by atoms with Gasteiger partial charge >= 0.3 is 12.1 Å². The van der Waals surface area contributed by atoms with Gasteiger partial charge in [0.15, 0.2) is 0 Å². The van der Waals surface area contributed by atoms with E-state index in [4.69, 9.17) is 9.47 Å². The van der Waals surface area contributed by atoms with Gasteiger partial charge in [-0.25, -0.2) is 4.79 Å². The quantitative estimate of drug-likeness (QED) is 0.672. The van der Waals surface area contributed by atoms with E-state index >= 15 is 0 Å². The van der Waals surface area contributed by atoms with E-state index in [1.54, 1.807) is 6.92 Å². The molecule has 0 aromatic rings. The number of carbonyl (C=O) groups is 2. The summed E-state index contributed by atoms with van der Waals surface area (Å²) in [5, 5.41) is 0. The standard InChI is InChI=1S/C17H31NO4/c1-5-21-16(19)12-13(3)14(4)18(17(20)22-6-2)15-10-8-7-9-11-15/h13-15H,5-12H2,1-4H3. The van der Waals surface area contributed by atoms with E-state index in [2.05, 4.69) is 0 Å². The molecule has 22 heavy (non-hydrogen) atoms. The summed E-state index contributed by atoms with van der Waals surface area (Å²) in [6.45, 7) is 8.40. The molecular formula is C17H31NO4. The fourth-order valence-corrected chi connectivity index (χ4v) is 3.13. The van der Waals surface area contributed by atoms with Crippen molar-refractivity contribution in [2.75, 3.05) is 13.2 Å². The van der Waals surface area contributed by atoms with Crippen LogP contribution in [0.3, 0.4) is 0 Å². The average Bonchev–Trinajstić information content (AvgIpc) is 2.49. The van der Waals surface area contributed by atoms with Gasteiger partial charge in [0.1, 0.15) is 0 Å². The first-order valence-electron chi connectivity index (χ1n) is 8.61. The molecule has 0 aromatic heterocycles. The summed E-state index contributed by atoms with van der Waals surface area (Å²) in [5.41, 5.74) is 0. The average molecular weight is 313 g/mol. The molecule has 0 bridgehead atoms. The fourth-order valence-electron chi connectivity index (χ4n) is 3.13. The van der Waals surface area contributed by atoms with Crippen molar-refractivity contribution < 1.29 is 19.1 Å². The molecule has 0 N–H and O–H groups in total. The van der Waals surface area contributed by atoms with E-state index in [9.17, 15) is 9.59 Å². The van der Waals surface area contributed by atoms with Crippen molar-refractivity contribution in [2.45, 2.75) is 78.3 Å². The van der Waals surface area contributed by atoms with Crippen molar-refractivity contribution in [1.29, 1.82) is 0 Å². The Morgan fingerprint density at radius 3 is 2.18 bits per heavy atom. The number of hydrogen-bond donors (Lipinski definition) is 0. The van der Waals surface area contributed by atoms with Crippen LogP contribution in [0.2, 0.25) is 0 Å². The largest absolute Gasteiger partial charge is 0.466 e. The van der Waals surface area contributed by atoms with Gasteiger partial charge in [-0.05, 0) is 39.5 Å². The Labute approximate surface area is 134 Å². The van der Waals surface area contributed by atoms with Crippen molar-refractivity contribution in [3.05, 3.63) is 0 Å². The van der Waals surface area contributed by atoms with Crippen LogP contribution < -0.4 is 0 Å². The number of nitrogens with zero attached hydrogens (tertiary/aromatic N) is 1. The lowest BCUT2D eigenvalue weighted by atomic mass is 9.90. The Balaban J connectivity index is 2.75. The summed E-state index contributed by atoms with van der Waals surface area (Å²) in [6.07, 6.45) is 5.67. The number of ether oxygens (including phenoxy) is 2. The lowest BCUT2D eigenvalue weighted by Crippen LogP contribution is -2.49. The van der Waals surface area contributed by atoms with Gasteiger partial charge in [0.25, 0.3) is 0 Å². The third kappa shape index (κ3) is 5.50. The van der Waals surface area contributed by atoms with Gasteiger partial charge in [-0.2, -0.15) is 0 Å². The minimum atomic E-state index is -0.252. The Morgan fingerprint density at radius 2 is 1.64 bits per heavy atom. The molecule has 0 radical (unpaired) electrons. The second kappa shape index (κ2) is 9.70. The van der Waals surface area contributed by atoms with Crippen LogP contribution in [0.5, 0.6) is 0 Å². The summed E-state index contributed by atoms with van der Waals surface area (Å²) in [7, 11) is 0. The Morgan fingerprint density at radius 1 is 1.05 bits per heavy atom. The highest BCUT2D eigenvalue weighted by atomic mass is 16.6. The monoisotopic (exact) mass is 313 g/mol. The van der Waals surface area contributed by atoms with E-state index in [1.165, 1.54) is 6.42 Å². The van der Waals surface area contributed by atoms with Crippen LogP contribution in [0.15, 0.2) is 0 Å². The summed E-state index contributed by atoms with van der Waals surface area (Å²) in [6, 6.07) is 0.194. The normalized spacial score (nSPS) is 18.4. The molecule has 2 unspecified atom stereocenters. The smallest absolute Gasteiger partial charge is 0.410 e. The van der Waals surface area contributed by atoms with E-state index in [0.717, 1.165) is 25.7 Å². The van der Waals surface area contributed by atoms with Crippen LogP contribution in [0.25, 0.3) is 0 Å². The first-order chi connectivity index (χ1) is 10.5. The lowest BCUT2D eigenvalue weighted by Gasteiger charge is -2.40. The molecule has 1 amide bonds. The Bertz CT molecular complexity index is 353. The summed E-state index contributed by atoms with van der Waals surface area (Å²) in [4.78, 5) is 26.0. The highest BCUT2D eigenvalue weighted by Gasteiger charge is 2.33. The maximum absolute atomic E-state index is 12.4. The molecule has 1 saturated carbocycles. The van der Waals surface area contributed by atoms with Crippen molar-refractivity contribution in [3.8, 4) is 0 Å². The van der Waals surface area contributed by atoms with E-state index in [0.29, 0.717) is 19.6 Å². The van der Waals surface area contributed by atoms with Crippen molar-refractivity contribution in [2.24, 2.45) is 5.92 Å². The van der Waals surface area contributed by atoms with Crippen molar-refractivity contribution in [3.63, 3.8) is 0 Å². The topological polar surface area (TPSA) is 55.8 Å². The van der Waals surface area contributed by atoms with E-state index < -0.39 is 0 Å². The molecule has 0 heterocycles. The van der Waals surface area contributed by atoms with Crippen LogP contribution in [-0.2, 0) is 14.3 Å². The van der Waals surface area contributed by atoms with E-state index in [1.807, 2.05) is 25.7 Å². The zero-order valence-corrected chi connectivity index (χ0v) is 14.5. The number of amides is 1. The first kappa shape index (κ1) is 18.8. The van der Waals surface area contributed by atoms with Crippen molar-refractivity contribution >= 4 is 12.1 Å². The second-order valence-corrected chi connectivity index (χ2v) is 6.13. The van der Waals surface area contributed by atoms with E-state index in [-0.39, 0.29) is 30.1 Å². The van der Waals surface area contributed by atoms with Gasteiger partial charge in [-0.1, -0.05) is 26.2 Å². The zero-order valence-electron chi connectivity index (χ0n) is 14.5. The third-order valence-corrected chi connectivity index (χ3v) is 4.50. The zero-order chi connectivity index (χ0) is 16.5. The molecule has 0 aromatic carbocycles. The minimum Gasteiger partial charge on any atom is -0.466 e. The number of esters is 1. The molecule has 0 aliphatic heterocycles. The molecule has 1 fully saturated rings. The van der Waals surface area contributed by atoms with Gasteiger partial charge < -0.3 is 14.4 Å². The fraction of sp³-hybridized carbons (Fsp3) is 0.882. The highest BCUT2D eigenvalue weighted by molar-refractivity contribution is 5.70. The number of carbonyl (C=O) groups excluding carboxylic acids is 2. The maximum atomic E-state index is 12.4. The van der Waals surface area contributed by atoms with Crippen LogP contribution in [-0.4, -0.2) is 42.3 Å². The Kier molecular flexibility index (Phi) is 8.28. The van der Waals surface area contributed by atoms with Gasteiger partial charge in [0.2, 0.25) is 0 Å². The second-order valence-electron chi connectivity index (χ2n) is 6.13. The van der Waals surface area contributed by atoms with Gasteiger partial charge in [0, 0.05) is 12.1 Å². The van der Waals surface area contributed by atoms with Gasteiger partial charge in [-0.3, -0.25) is 4.79 Å². The van der Waals surface area contributed by atoms with Gasteiger partial charge in [-0.15, -0.1) is 0 Å². The molecule has 128 valence electrons.